The van der Waals surface area contributed by atoms with Crippen molar-refractivity contribution < 1.29 is 14.0 Å². The number of benzene rings is 1. The monoisotopic (exact) mass is 408 g/mol. The Hall–Kier alpha value is -1.83. The Balaban J connectivity index is 1.81. The first-order chi connectivity index (χ1) is 12.3. The van der Waals surface area contributed by atoms with Gasteiger partial charge in [-0.1, -0.05) is 35.6 Å². The largest absolute Gasteiger partial charge is 0.472 e. The van der Waals surface area contributed by atoms with E-state index >= 15 is 0 Å². The van der Waals surface area contributed by atoms with Crippen molar-refractivity contribution in [2.24, 2.45) is 0 Å². The number of carbonyl (C=O) groups is 2. The van der Waals surface area contributed by atoms with E-state index in [1.165, 1.54) is 16.7 Å². The van der Waals surface area contributed by atoms with Crippen molar-refractivity contribution in [2.45, 2.75) is 31.2 Å². The summed E-state index contributed by atoms with van der Waals surface area (Å²) in [5.41, 5.74) is 1.28. The predicted molar refractivity (Wildman–Crippen MR) is 106 cm³/mol. The van der Waals surface area contributed by atoms with Crippen LogP contribution in [-0.4, -0.2) is 31.8 Å². The molecule has 1 aromatic heterocycles. The summed E-state index contributed by atoms with van der Waals surface area (Å²) in [5.74, 6) is -0.563. The van der Waals surface area contributed by atoms with Crippen LogP contribution in [0.2, 0.25) is 5.02 Å². The van der Waals surface area contributed by atoms with Gasteiger partial charge in [-0.25, -0.2) is 0 Å². The van der Waals surface area contributed by atoms with Crippen molar-refractivity contribution in [1.82, 2.24) is 10.2 Å². The van der Waals surface area contributed by atoms with Crippen LogP contribution in [0, 0.1) is 0 Å². The van der Waals surface area contributed by atoms with E-state index in [1.807, 2.05) is 13.8 Å². The van der Waals surface area contributed by atoms with Crippen LogP contribution in [0.15, 0.2) is 47.3 Å². The van der Waals surface area contributed by atoms with Gasteiger partial charge in [-0.2, -0.15) is 0 Å². The normalized spacial score (nSPS) is 19.5. The summed E-state index contributed by atoms with van der Waals surface area (Å²) in [5, 5.41) is 3.39. The van der Waals surface area contributed by atoms with Crippen molar-refractivity contribution >= 4 is 51.7 Å². The Morgan fingerprint density at radius 1 is 1.35 bits per heavy atom. The van der Waals surface area contributed by atoms with E-state index < -0.39 is 10.8 Å². The first-order valence-corrected chi connectivity index (χ1v) is 9.50. The third-order valence-electron chi connectivity index (χ3n) is 4.08. The maximum Gasteiger partial charge on any atom is 0.252 e. The van der Waals surface area contributed by atoms with Gasteiger partial charge in [0, 0.05) is 20.9 Å². The quantitative estimate of drug-likeness (QED) is 0.778. The fourth-order valence-corrected chi connectivity index (χ4v) is 4.56. The number of hydrogen-bond acceptors (Lipinski definition) is 5. The lowest BCUT2D eigenvalue weighted by atomic mass is 10.0. The molecule has 0 aliphatic carbocycles. The molecule has 136 valence electrons. The Morgan fingerprint density at radius 3 is 2.65 bits per heavy atom. The molecule has 1 unspecified atom stereocenters. The third kappa shape index (κ3) is 3.95. The Bertz CT molecular complexity index is 835. The van der Waals surface area contributed by atoms with Gasteiger partial charge in [0.25, 0.3) is 11.8 Å². The van der Waals surface area contributed by atoms with Crippen LogP contribution in [0.3, 0.4) is 0 Å². The molecule has 1 aromatic carbocycles. The van der Waals surface area contributed by atoms with Gasteiger partial charge in [0.1, 0.15) is 10.4 Å². The lowest BCUT2D eigenvalue weighted by molar-refractivity contribution is -0.130. The van der Waals surface area contributed by atoms with E-state index in [2.05, 4.69) is 5.32 Å². The second-order valence-electron chi connectivity index (χ2n) is 6.44. The number of thioether (sulfide) groups is 1. The van der Waals surface area contributed by atoms with Crippen molar-refractivity contribution in [2.75, 3.05) is 0 Å². The summed E-state index contributed by atoms with van der Waals surface area (Å²) >= 11 is 12.7. The number of carbonyl (C=O) groups excluding carboxylic acids is 2. The van der Waals surface area contributed by atoms with Gasteiger partial charge >= 0.3 is 0 Å². The van der Waals surface area contributed by atoms with E-state index in [-0.39, 0.29) is 11.8 Å². The summed E-state index contributed by atoms with van der Waals surface area (Å²) in [6.07, 6.45) is 3.12. The molecule has 8 heteroatoms. The third-order valence-corrected chi connectivity index (χ3v) is 5.96. The molecule has 26 heavy (non-hydrogen) atoms. The van der Waals surface area contributed by atoms with Crippen molar-refractivity contribution in [3.8, 4) is 0 Å². The lowest BCUT2D eigenvalue weighted by Gasteiger charge is -2.42. The van der Waals surface area contributed by atoms with Gasteiger partial charge in [0.15, 0.2) is 0 Å². The van der Waals surface area contributed by atoms with Gasteiger partial charge < -0.3 is 9.73 Å². The molecule has 2 heterocycles. The number of furan rings is 1. The molecule has 1 N–H and O–H groups in total. The van der Waals surface area contributed by atoms with E-state index in [9.17, 15) is 9.59 Å². The second-order valence-corrected chi connectivity index (χ2v) is 9.17. The van der Waals surface area contributed by atoms with Crippen LogP contribution in [0.5, 0.6) is 0 Å². The average molecular weight is 409 g/mol. The molecule has 5 nitrogen and oxygen atoms in total. The summed E-state index contributed by atoms with van der Waals surface area (Å²) in [6.45, 7) is 4.10. The summed E-state index contributed by atoms with van der Waals surface area (Å²) in [7, 11) is 0. The molecule has 2 aromatic rings. The molecule has 1 aliphatic rings. The van der Waals surface area contributed by atoms with Crippen molar-refractivity contribution in [3.63, 3.8) is 0 Å². The number of nitrogens with one attached hydrogen (secondary N) is 1. The van der Waals surface area contributed by atoms with Crippen LogP contribution >= 0.6 is 35.6 Å². The zero-order chi connectivity index (χ0) is 18.9. The highest BCUT2D eigenvalue weighted by Gasteiger charge is 2.46. The number of nitrogens with zero attached hydrogens (tertiary/aromatic N) is 1. The van der Waals surface area contributed by atoms with Gasteiger partial charge in [0.2, 0.25) is 0 Å². The highest BCUT2D eigenvalue weighted by atomic mass is 35.5. The molecule has 1 saturated heterocycles. The summed E-state index contributed by atoms with van der Waals surface area (Å²) < 4.78 is 4.98. The van der Waals surface area contributed by atoms with Crippen molar-refractivity contribution in [1.29, 1.82) is 0 Å². The Morgan fingerprint density at radius 2 is 2.04 bits per heavy atom. The predicted octanol–water partition coefficient (Wildman–Crippen LogP) is 3.87. The fourth-order valence-electron chi connectivity index (χ4n) is 2.64. The van der Waals surface area contributed by atoms with Gasteiger partial charge in [-0.05, 0) is 44.2 Å². The van der Waals surface area contributed by atoms with Crippen LogP contribution in [0.25, 0.3) is 0 Å². The molecule has 0 saturated carbocycles. The Labute approximate surface area is 166 Å². The van der Waals surface area contributed by atoms with Crippen LogP contribution in [0.4, 0.5) is 0 Å². The highest BCUT2D eigenvalue weighted by molar-refractivity contribution is 8.24. The van der Waals surface area contributed by atoms with Crippen LogP contribution in [0.1, 0.15) is 29.8 Å². The van der Waals surface area contributed by atoms with Crippen molar-refractivity contribution in [3.05, 3.63) is 59.0 Å². The molecule has 1 aliphatic heterocycles. The molecule has 2 amide bonds. The van der Waals surface area contributed by atoms with Gasteiger partial charge in [0.05, 0.1) is 19.1 Å². The van der Waals surface area contributed by atoms with E-state index in [1.54, 1.807) is 42.9 Å². The zero-order valence-electron chi connectivity index (χ0n) is 14.2. The SMILES string of the molecule is CC1(C)SC(=S)N(Cc2ccoc2)C(=O)C1NC(=O)c1ccc(Cl)cc1. The molecule has 0 spiro atoms. The minimum Gasteiger partial charge on any atom is -0.472 e. The number of hydrogen-bond donors (Lipinski definition) is 1. The first kappa shape index (κ1) is 18.9. The number of thiocarbonyl (C=S) groups is 1. The molecule has 1 fully saturated rings. The molecule has 3 rings (SSSR count). The maximum atomic E-state index is 13.1. The number of rotatable bonds is 4. The van der Waals surface area contributed by atoms with Gasteiger partial charge in [-0.15, -0.1) is 0 Å². The lowest BCUT2D eigenvalue weighted by Crippen LogP contribution is -2.62. The highest BCUT2D eigenvalue weighted by Crippen LogP contribution is 2.37. The maximum absolute atomic E-state index is 13.1. The Kier molecular flexibility index (Phi) is 5.41. The fraction of sp³-hybridized carbons (Fsp3) is 0.278. The smallest absolute Gasteiger partial charge is 0.252 e. The molecule has 0 radical (unpaired) electrons. The molecule has 1 atom stereocenters. The summed E-state index contributed by atoms with van der Waals surface area (Å²) in [4.78, 5) is 27.1. The van der Waals surface area contributed by atoms with E-state index in [0.717, 1.165) is 5.56 Å². The first-order valence-electron chi connectivity index (χ1n) is 7.90. The topological polar surface area (TPSA) is 62.6 Å². The van der Waals surface area contributed by atoms with Crippen LogP contribution < -0.4 is 5.32 Å². The van der Waals surface area contributed by atoms with Gasteiger partial charge in [-0.3, -0.25) is 14.5 Å². The van der Waals surface area contributed by atoms with Crippen LogP contribution in [-0.2, 0) is 11.3 Å². The molecule has 0 bridgehead atoms. The molecular weight excluding hydrogens is 392 g/mol. The van der Waals surface area contributed by atoms with E-state index in [0.29, 0.717) is 21.5 Å². The number of halogens is 1. The minimum absolute atomic E-state index is 0.234. The average Bonchev–Trinajstić information content (AvgIpc) is 3.09. The zero-order valence-corrected chi connectivity index (χ0v) is 16.6. The summed E-state index contributed by atoms with van der Waals surface area (Å²) in [6, 6.07) is 7.59. The standard InChI is InChI=1S/C18H17ClN2O3S2/c1-18(2)14(20-15(22)12-3-5-13(19)6-4-12)16(23)21(17(25)26-18)9-11-7-8-24-10-11/h3-8,10,14H,9H2,1-2H3,(H,20,22). The minimum atomic E-state index is -0.714. The number of amides is 2. The van der Waals surface area contributed by atoms with E-state index in [4.69, 9.17) is 28.2 Å². The second kappa shape index (κ2) is 7.42. The molecular formula is C18H17ClN2O3S2.